The Balaban J connectivity index is 2.60. The predicted molar refractivity (Wildman–Crippen MR) is 67.8 cm³/mol. The average Bonchev–Trinajstić information content (AvgIpc) is 2.58. The van der Waals surface area contributed by atoms with Gasteiger partial charge in [-0.15, -0.1) is 11.3 Å². The van der Waals surface area contributed by atoms with E-state index in [4.69, 9.17) is 17.3 Å². The summed E-state index contributed by atoms with van der Waals surface area (Å²) in [6.45, 7) is 1.71. The molecule has 1 heterocycles. The number of carboxylic acid groups (broad SMARTS) is 1. The molecular formula is C11H9NO3S2. The lowest BCUT2D eigenvalue weighted by Gasteiger charge is -2.07. The SMILES string of the molecule is Cc1cc(-n2c(O)csc2=S)ccc1C(=O)O. The van der Waals surface area contributed by atoms with E-state index in [1.54, 1.807) is 24.4 Å². The highest BCUT2D eigenvalue weighted by Crippen LogP contribution is 2.24. The molecule has 2 N–H and O–H groups in total. The minimum absolute atomic E-state index is 0.0578. The highest BCUT2D eigenvalue weighted by atomic mass is 32.1. The summed E-state index contributed by atoms with van der Waals surface area (Å²) in [5.41, 5.74) is 1.54. The zero-order valence-corrected chi connectivity index (χ0v) is 10.5. The Hall–Kier alpha value is -1.66. The third kappa shape index (κ3) is 2.09. The number of rotatable bonds is 2. The third-order valence-corrected chi connectivity index (χ3v) is 3.56. The van der Waals surface area contributed by atoms with Gasteiger partial charge in [-0.2, -0.15) is 0 Å². The number of hydrogen-bond donors (Lipinski definition) is 2. The first-order valence-corrected chi connectivity index (χ1v) is 6.03. The number of hydrogen-bond acceptors (Lipinski definition) is 4. The zero-order chi connectivity index (χ0) is 12.6. The molecule has 0 aliphatic rings. The lowest BCUT2D eigenvalue weighted by atomic mass is 10.1. The molecule has 1 aromatic heterocycles. The van der Waals surface area contributed by atoms with Crippen LogP contribution in [-0.4, -0.2) is 20.7 Å². The molecule has 0 aliphatic carbocycles. The second-order valence-electron chi connectivity index (χ2n) is 3.50. The summed E-state index contributed by atoms with van der Waals surface area (Å²) < 4.78 is 2.02. The van der Waals surface area contributed by atoms with Crippen LogP contribution in [0, 0.1) is 10.9 Å². The smallest absolute Gasteiger partial charge is 0.335 e. The molecule has 2 rings (SSSR count). The molecule has 0 saturated carbocycles. The quantitative estimate of drug-likeness (QED) is 0.821. The van der Waals surface area contributed by atoms with Crippen molar-refractivity contribution in [3.8, 4) is 11.6 Å². The second kappa shape index (κ2) is 4.31. The van der Waals surface area contributed by atoms with Gasteiger partial charge in [-0.1, -0.05) is 0 Å². The van der Waals surface area contributed by atoms with Gasteiger partial charge in [0, 0.05) is 0 Å². The van der Waals surface area contributed by atoms with Crippen molar-refractivity contribution in [2.75, 3.05) is 0 Å². The van der Waals surface area contributed by atoms with Crippen LogP contribution in [0.15, 0.2) is 23.6 Å². The van der Waals surface area contributed by atoms with E-state index in [9.17, 15) is 9.90 Å². The van der Waals surface area contributed by atoms with Gasteiger partial charge in [-0.3, -0.25) is 4.57 Å². The van der Waals surface area contributed by atoms with Crippen molar-refractivity contribution in [1.82, 2.24) is 4.57 Å². The van der Waals surface area contributed by atoms with Crippen LogP contribution in [0.4, 0.5) is 0 Å². The highest BCUT2D eigenvalue weighted by Gasteiger charge is 2.10. The summed E-state index contributed by atoms with van der Waals surface area (Å²) in [5, 5.41) is 20.1. The number of thiazole rings is 1. The maximum absolute atomic E-state index is 10.9. The Morgan fingerprint density at radius 3 is 2.65 bits per heavy atom. The number of aromatic hydroxyl groups is 1. The van der Waals surface area contributed by atoms with E-state index in [1.807, 2.05) is 0 Å². The van der Waals surface area contributed by atoms with Crippen LogP contribution in [0.25, 0.3) is 5.69 Å². The minimum atomic E-state index is -0.966. The molecule has 0 saturated heterocycles. The molecule has 0 spiro atoms. The van der Waals surface area contributed by atoms with Crippen LogP contribution >= 0.6 is 23.6 Å². The van der Waals surface area contributed by atoms with Gasteiger partial charge in [-0.05, 0) is 42.9 Å². The van der Waals surface area contributed by atoms with Crippen LogP contribution < -0.4 is 0 Å². The predicted octanol–water partition coefficient (Wildman–Crippen LogP) is 2.98. The van der Waals surface area contributed by atoms with Crippen LogP contribution in [0.1, 0.15) is 15.9 Å². The summed E-state index contributed by atoms with van der Waals surface area (Å²) in [4.78, 5) is 10.9. The minimum Gasteiger partial charge on any atom is -0.494 e. The summed E-state index contributed by atoms with van der Waals surface area (Å²) >= 11 is 6.34. The van der Waals surface area contributed by atoms with Crippen molar-refractivity contribution in [2.45, 2.75) is 6.92 Å². The van der Waals surface area contributed by atoms with Crippen molar-refractivity contribution in [2.24, 2.45) is 0 Å². The molecule has 6 heteroatoms. The fraction of sp³-hybridized carbons (Fsp3) is 0.0909. The van der Waals surface area contributed by atoms with Gasteiger partial charge >= 0.3 is 5.97 Å². The van der Waals surface area contributed by atoms with E-state index in [0.717, 1.165) is 0 Å². The van der Waals surface area contributed by atoms with E-state index in [2.05, 4.69) is 0 Å². The fourth-order valence-electron chi connectivity index (χ4n) is 1.57. The number of carbonyl (C=O) groups is 1. The van der Waals surface area contributed by atoms with E-state index < -0.39 is 5.97 Å². The normalized spacial score (nSPS) is 10.4. The van der Waals surface area contributed by atoms with Gasteiger partial charge in [0.1, 0.15) is 0 Å². The van der Waals surface area contributed by atoms with Crippen LogP contribution in [-0.2, 0) is 0 Å². The van der Waals surface area contributed by atoms with E-state index >= 15 is 0 Å². The number of nitrogens with zero attached hydrogens (tertiary/aromatic N) is 1. The van der Waals surface area contributed by atoms with Crippen molar-refractivity contribution in [3.05, 3.63) is 38.7 Å². The standard InChI is InChI=1S/C11H9NO3S2/c1-6-4-7(2-3-8(6)10(14)15)12-9(13)5-17-11(12)16/h2-5,13H,1H3,(H,14,15). The van der Waals surface area contributed by atoms with Crippen LogP contribution in [0.5, 0.6) is 5.88 Å². The summed E-state index contributed by atoms with van der Waals surface area (Å²) in [6.07, 6.45) is 0. The van der Waals surface area contributed by atoms with Crippen molar-refractivity contribution in [1.29, 1.82) is 0 Å². The summed E-state index contributed by atoms with van der Waals surface area (Å²) in [6, 6.07) is 4.82. The molecule has 17 heavy (non-hydrogen) atoms. The third-order valence-electron chi connectivity index (χ3n) is 2.38. The molecule has 2 aromatic rings. The number of aromatic nitrogens is 1. The van der Waals surface area contributed by atoms with E-state index in [1.165, 1.54) is 22.0 Å². The maximum Gasteiger partial charge on any atom is 0.335 e. The monoisotopic (exact) mass is 267 g/mol. The largest absolute Gasteiger partial charge is 0.494 e. The first-order chi connectivity index (χ1) is 8.00. The number of carboxylic acids is 1. The highest BCUT2D eigenvalue weighted by molar-refractivity contribution is 7.73. The molecule has 0 amide bonds. The van der Waals surface area contributed by atoms with Crippen molar-refractivity contribution in [3.63, 3.8) is 0 Å². The molecule has 0 aliphatic heterocycles. The number of aromatic carboxylic acids is 1. The first kappa shape index (κ1) is 11.8. The lowest BCUT2D eigenvalue weighted by Crippen LogP contribution is -2.01. The lowest BCUT2D eigenvalue weighted by molar-refractivity contribution is 0.0696. The molecule has 88 valence electrons. The summed E-state index contributed by atoms with van der Waals surface area (Å²) in [5.74, 6) is -0.908. The van der Waals surface area contributed by atoms with Crippen LogP contribution in [0.2, 0.25) is 0 Å². The van der Waals surface area contributed by atoms with Gasteiger partial charge in [0.25, 0.3) is 0 Å². The number of benzene rings is 1. The Labute approximate surface area is 106 Å². The van der Waals surface area contributed by atoms with E-state index in [0.29, 0.717) is 15.2 Å². The Morgan fingerprint density at radius 1 is 1.47 bits per heavy atom. The Morgan fingerprint density at radius 2 is 2.18 bits per heavy atom. The van der Waals surface area contributed by atoms with Crippen molar-refractivity contribution < 1.29 is 15.0 Å². The molecule has 0 bridgehead atoms. The molecular weight excluding hydrogens is 258 g/mol. The molecule has 0 radical (unpaired) electrons. The summed E-state index contributed by atoms with van der Waals surface area (Å²) in [7, 11) is 0. The Kier molecular flexibility index (Phi) is 2.99. The van der Waals surface area contributed by atoms with Gasteiger partial charge < -0.3 is 10.2 Å². The molecule has 0 unspecified atom stereocenters. The van der Waals surface area contributed by atoms with Gasteiger partial charge in [0.15, 0.2) is 3.95 Å². The van der Waals surface area contributed by atoms with Gasteiger partial charge in [0.2, 0.25) is 5.88 Å². The molecule has 0 atom stereocenters. The zero-order valence-electron chi connectivity index (χ0n) is 8.88. The van der Waals surface area contributed by atoms with Gasteiger partial charge in [-0.25, -0.2) is 4.79 Å². The molecule has 4 nitrogen and oxygen atoms in total. The topological polar surface area (TPSA) is 62.5 Å². The van der Waals surface area contributed by atoms with Crippen molar-refractivity contribution >= 4 is 29.5 Å². The Bertz CT molecular complexity index is 642. The van der Waals surface area contributed by atoms with E-state index in [-0.39, 0.29) is 11.4 Å². The fourth-order valence-corrected chi connectivity index (χ4v) is 2.53. The molecule has 0 fully saturated rings. The maximum atomic E-state index is 10.9. The first-order valence-electron chi connectivity index (χ1n) is 4.74. The van der Waals surface area contributed by atoms with Crippen LogP contribution in [0.3, 0.4) is 0 Å². The molecule has 1 aromatic carbocycles. The second-order valence-corrected chi connectivity index (χ2v) is 5.00. The van der Waals surface area contributed by atoms with Gasteiger partial charge in [0.05, 0.1) is 16.6 Å². The number of aryl methyl sites for hydroxylation is 1. The average molecular weight is 267 g/mol.